The zero-order chi connectivity index (χ0) is 18.1. The molecule has 26 heavy (non-hydrogen) atoms. The first-order valence-corrected chi connectivity index (χ1v) is 10.3. The van der Waals surface area contributed by atoms with Gasteiger partial charge in [0.25, 0.3) is 5.89 Å². The molecule has 0 amide bonds. The van der Waals surface area contributed by atoms with Crippen LogP contribution in [0.3, 0.4) is 0 Å². The zero-order valence-corrected chi connectivity index (χ0v) is 17.3. The highest BCUT2D eigenvalue weighted by atomic mass is 79.9. The van der Waals surface area contributed by atoms with E-state index >= 15 is 0 Å². The van der Waals surface area contributed by atoms with Gasteiger partial charge in [0.2, 0.25) is 5.89 Å². The molecule has 0 unspecified atom stereocenters. The second-order valence-corrected chi connectivity index (χ2v) is 9.05. The normalized spacial score (nSPS) is 15.6. The molecule has 1 fully saturated rings. The van der Waals surface area contributed by atoms with Crippen LogP contribution in [0, 0.1) is 13.8 Å². The van der Waals surface area contributed by atoms with Crippen LogP contribution in [0.2, 0.25) is 0 Å². The number of thiophene rings is 1. The van der Waals surface area contributed by atoms with Crippen LogP contribution in [0.5, 0.6) is 0 Å². The fraction of sp³-hybridized carbons (Fsp3) is 0.368. The van der Waals surface area contributed by atoms with E-state index in [9.17, 15) is 0 Å². The fourth-order valence-corrected chi connectivity index (χ4v) is 4.57. The maximum absolute atomic E-state index is 5.84. The van der Waals surface area contributed by atoms with E-state index in [2.05, 4.69) is 68.0 Å². The summed E-state index contributed by atoms with van der Waals surface area (Å²) in [6.07, 6.45) is 0. The van der Waals surface area contributed by atoms with Crippen LogP contribution in [0.15, 0.2) is 38.5 Å². The third kappa shape index (κ3) is 3.70. The Balaban J connectivity index is 1.37. The molecule has 7 heteroatoms. The lowest BCUT2D eigenvalue weighted by molar-refractivity contribution is 0.227. The van der Waals surface area contributed by atoms with E-state index < -0.39 is 0 Å². The molecule has 4 rings (SSSR count). The van der Waals surface area contributed by atoms with Crippen molar-refractivity contribution in [1.29, 1.82) is 0 Å². The number of hydrogen-bond donors (Lipinski definition) is 0. The van der Waals surface area contributed by atoms with Crippen molar-refractivity contribution < 1.29 is 4.42 Å². The number of anilines is 1. The number of halogens is 1. The average molecular weight is 433 g/mol. The third-order valence-electron chi connectivity index (χ3n) is 4.90. The van der Waals surface area contributed by atoms with Gasteiger partial charge >= 0.3 is 0 Å². The van der Waals surface area contributed by atoms with Gasteiger partial charge in [0.05, 0.1) is 15.2 Å². The lowest BCUT2D eigenvalue weighted by Crippen LogP contribution is -2.46. The molecule has 2 aromatic heterocycles. The van der Waals surface area contributed by atoms with Crippen molar-refractivity contribution in [2.45, 2.75) is 20.4 Å². The number of hydrogen-bond acceptors (Lipinski definition) is 6. The Labute approximate surface area is 165 Å². The molecule has 0 N–H and O–H groups in total. The first kappa shape index (κ1) is 17.7. The summed E-state index contributed by atoms with van der Waals surface area (Å²) < 4.78 is 6.91. The summed E-state index contributed by atoms with van der Waals surface area (Å²) in [7, 11) is 0. The Morgan fingerprint density at radius 3 is 2.62 bits per heavy atom. The Hall–Kier alpha value is -1.70. The largest absolute Gasteiger partial charge is 0.419 e. The van der Waals surface area contributed by atoms with E-state index in [1.165, 1.54) is 16.8 Å². The monoisotopic (exact) mass is 432 g/mol. The molecule has 136 valence electrons. The van der Waals surface area contributed by atoms with E-state index in [0.717, 1.165) is 34.8 Å². The molecule has 0 aliphatic carbocycles. The van der Waals surface area contributed by atoms with Crippen molar-refractivity contribution in [2.75, 3.05) is 31.1 Å². The molecule has 3 heterocycles. The second kappa shape index (κ2) is 7.50. The molecular weight excluding hydrogens is 412 g/mol. The minimum Gasteiger partial charge on any atom is -0.419 e. The van der Waals surface area contributed by atoms with Crippen LogP contribution >= 0.6 is 27.3 Å². The van der Waals surface area contributed by atoms with Crippen molar-refractivity contribution in [3.05, 3.63) is 51.1 Å². The summed E-state index contributed by atoms with van der Waals surface area (Å²) in [5.41, 5.74) is 4.08. The fourth-order valence-electron chi connectivity index (χ4n) is 3.26. The molecule has 0 radical (unpaired) electrons. The van der Waals surface area contributed by atoms with Crippen LogP contribution in [0.25, 0.3) is 10.8 Å². The molecule has 0 atom stereocenters. The van der Waals surface area contributed by atoms with Crippen molar-refractivity contribution in [3.63, 3.8) is 0 Å². The predicted molar refractivity (Wildman–Crippen MR) is 109 cm³/mol. The maximum Gasteiger partial charge on any atom is 0.257 e. The molecule has 0 spiro atoms. The Kier molecular flexibility index (Phi) is 5.11. The van der Waals surface area contributed by atoms with Crippen LogP contribution < -0.4 is 4.90 Å². The van der Waals surface area contributed by atoms with Crippen LogP contribution in [0.4, 0.5) is 5.69 Å². The van der Waals surface area contributed by atoms with Gasteiger partial charge in [-0.05, 0) is 59.1 Å². The van der Waals surface area contributed by atoms with Gasteiger partial charge in [-0.1, -0.05) is 12.1 Å². The number of aromatic nitrogens is 2. The van der Waals surface area contributed by atoms with Crippen molar-refractivity contribution in [1.82, 2.24) is 15.1 Å². The highest BCUT2D eigenvalue weighted by Gasteiger charge is 2.21. The number of benzene rings is 1. The summed E-state index contributed by atoms with van der Waals surface area (Å²) in [5, 5.41) is 8.40. The van der Waals surface area contributed by atoms with Crippen LogP contribution in [-0.4, -0.2) is 41.3 Å². The topological polar surface area (TPSA) is 45.4 Å². The van der Waals surface area contributed by atoms with Crippen molar-refractivity contribution in [3.8, 4) is 10.8 Å². The minimum absolute atomic E-state index is 0.602. The summed E-state index contributed by atoms with van der Waals surface area (Å²) in [6.45, 7) is 9.12. The molecule has 1 saturated heterocycles. The Morgan fingerprint density at radius 1 is 1.08 bits per heavy atom. The van der Waals surface area contributed by atoms with E-state index in [-0.39, 0.29) is 0 Å². The molecule has 0 bridgehead atoms. The van der Waals surface area contributed by atoms with Gasteiger partial charge < -0.3 is 9.32 Å². The Morgan fingerprint density at radius 2 is 1.88 bits per heavy atom. The lowest BCUT2D eigenvalue weighted by Gasteiger charge is -2.36. The van der Waals surface area contributed by atoms with Gasteiger partial charge in [-0.2, -0.15) is 0 Å². The highest BCUT2D eigenvalue weighted by molar-refractivity contribution is 9.11. The van der Waals surface area contributed by atoms with Gasteiger partial charge in [0.15, 0.2) is 0 Å². The van der Waals surface area contributed by atoms with Gasteiger partial charge in [-0.25, -0.2) is 0 Å². The SMILES string of the molecule is Cc1cccc(N2CCN(Cc3nnc(-c4ccc(Br)s4)o3)CC2)c1C. The minimum atomic E-state index is 0.602. The number of aryl methyl sites for hydroxylation is 1. The molecule has 1 aromatic carbocycles. The molecule has 3 aromatic rings. The number of rotatable bonds is 4. The molecule has 5 nitrogen and oxygen atoms in total. The second-order valence-electron chi connectivity index (χ2n) is 6.59. The van der Waals surface area contributed by atoms with Crippen LogP contribution in [0.1, 0.15) is 17.0 Å². The maximum atomic E-state index is 5.84. The predicted octanol–water partition coefficient (Wildman–Crippen LogP) is 4.50. The summed E-state index contributed by atoms with van der Waals surface area (Å²) in [6, 6.07) is 10.5. The molecular formula is C19H21BrN4OS. The van der Waals surface area contributed by atoms with Gasteiger partial charge in [0.1, 0.15) is 0 Å². The number of piperazine rings is 1. The van der Waals surface area contributed by atoms with Crippen molar-refractivity contribution >= 4 is 33.0 Å². The molecule has 1 aliphatic heterocycles. The van der Waals surface area contributed by atoms with Crippen molar-refractivity contribution in [2.24, 2.45) is 0 Å². The van der Waals surface area contributed by atoms with Gasteiger partial charge in [0, 0.05) is 31.9 Å². The van der Waals surface area contributed by atoms with E-state index in [4.69, 9.17) is 4.42 Å². The highest BCUT2D eigenvalue weighted by Crippen LogP contribution is 2.30. The van der Waals surface area contributed by atoms with Gasteiger partial charge in [-0.15, -0.1) is 21.5 Å². The smallest absolute Gasteiger partial charge is 0.257 e. The van der Waals surface area contributed by atoms with E-state index in [0.29, 0.717) is 18.3 Å². The van der Waals surface area contributed by atoms with Crippen LogP contribution in [-0.2, 0) is 6.54 Å². The van der Waals surface area contributed by atoms with E-state index in [1.54, 1.807) is 11.3 Å². The Bertz CT molecular complexity index is 899. The standard InChI is InChI=1S/C19H21BrN4OS/c1-13-4-3-5-15(14(13)2)24-10-8-23(9-11-24)12-18-21-22-19(25-18)16-6-7-17(20)26-16/h3-7H,8-12H2,1-2H3. The summed E-state index contributed by atoms with van der Waals surface area (Å²) in [4.78, 5) is 5.85. The summed E-state index contributed by atoms with van der Waals surface area (Å²) in [5.74, 6) is 1.29. The summed E-state index contributed by atoms with van der Waals surface area (Å²) >= 11 is 5.07. The van der Waals surface area contributed by atoms with Gasteiger partial charge in [-0.3, -0.25) is 4.90 Å². The zero-order valence-electron chi connectivity index (χ0n) is 14.9. The first-order valence-electron chi connectivity index (χ1n) is 8.72. The quantitative estimate of drug-likeness (QED) is 0.606. The first-order chi connectivity index (χ1) is 12.6. The van der Waals surface area contributed by atoms with E-state index in [1.807, 2.05) is 12.1 Å². The average Bonchev–Trinajstić information content (AvgIpc) is 3.27. The number of nitrogens with zero attached hydrogens (tertiary/aromatic N) is 4. The molecule has 1 aliphatic rings. The third-order valence-corrected chi connectivity index (χ3v) is 6.51. The lowest BCUT2D eigenvalue weighted by atomic mass is 10.1. The molecule has 0 saturated carbocycles.